The number of likely N-dealkylation sites (tertiary alicyclic amines) is 2. The van der Waals surface area contributed by atoms with Gasteiger partial charge in [0.2, 0.25) is 11.8 Å². The number of amides is 2. The maximum atomic E-state index is 13.1. The van der Waals surface area contributed by atoms with Crippen LogP contribution in [0.25, 0.3) is 0 Å². The van der Waals surface area contributed by atoms with Gasteiger partial charge in [-0.1, -0.05) is 24.3 Å². The van der Waals surface area contributed by atoms with E-state index >= 15 is 0 Å². The Hall–Kier alpha value is -2.37. The second-order valence-electron chi connectivity index (χ2n) is 8.03. The van der Waals surface area contributed by atoms with Crippen LogP contribution < -0.4 is 0 Å². The molecule has 6 nitrogen and oxygen atoms in total. The smallest absolute Gasteiger partial charge is 0.303 e. The second kappa shape index (κ2) is 9.22. The van der Waals surface area contributed by atoms with Crippen LogP contribution in [0.15, 0.2) is 24.3 Å². The molecule has 0 radical (unpaired) electrons. The molecule has 2 heterocycles. The summed E-state index contributed by atoms with van der Waals surface area (Å²) in [4.78, 5) is 39.5. The summed E-state index contributed by atoms with van der Waals surface area (Å²) >= 11 is 0. The molecule has 2 saturated heterocycles. The fraction of sp³-hybridized carbons (Fsp3) is 0.591. The molecule has 0 bridgehead atoms. The Morgan fingerprint density at radius 3 is 2.39 bits per heavy atom. The van der Waals surface area contributed by atoms with Gasteiger partial charge in [-0.25, -0.2) is 0 Å². The third-order valence-electron chi connectivity index (χ3n) is 6.11. The summed E-state index contributed by atoms with van der Waals surface area (Å²) in [6.45, 7) is 4.82. The van der Waals surface area contributed by atoms with Gasteiger partial charge < -0.3 is 14.9 Å². The average molecular weight is 386 g/mol. The van der Waals surface area contributed by atoms with Gasteiger partial charge in [-0.2, -0.15) is 0 Å². The summed E-state index contributed by atoms with van der Waals surface area (Å²) < 4.78 is 0. The molecule has 1 aromatic carbocycles. The number of carbonyl (C=O) groups excluding carboxylic acids is 2. The minimum absolute atomic E-state index is 0.0286. The van der Waals surface area contributed by atoms with Crippen molar-refractivity contribution in [1.82, 2.24) is 9.80 Å². The summed E-state index contributed by atoms with van der Waals surface area (Å²) in [5.41, 5.74) is 2.63. The van der Waals surface area contributed by atoms with Gasteiger partial charge in [0.1, 0.15) is 0 Å². The zero-order chi connectivity index (χ0) is 20.1. The summed E-state index contributed by atoms with van der Waals surface area (Å²) in [5.74, 6) is -0.482. The number of aryl methyl sites for hydroxylation is 1. The Morgan fingerprint density at radius 1 is 1.00 bits per heavy atom. The van der Waals surface area contributed by atoms with Gasteiger partial charge in [0, 0.05) is 44.4 Å². The molecule has 2 aliphatic rings. The van der Waals surface area contributed by atoms with Crippen molar-refractivity contribution in [2.45, 2.75) is 51.4 Å². The fourth-order valence-electron chi connectivity index (χ4n) is 4.48. The van der Waals surface area contributed by atoms with E-state index < -0.39 is 5.97 Å². The van der Waals surface area contributed by atoms with Crippen molar-refractivity contribution in [2.75, 3.05) is 26.2 Å². The first-order chi connectivity index (χ1) is 13.5. The molecule has 152 valence electrons. The highest BCUT2D eigenvalue weighted by atomic mass is 16.4. The fourth-order valence-corrected chi connectivity index (χ4v) is 4.48. The van der Waals surface area contributed by atoms with Crippen molar-refractivity contribution in [2.24, 2.45) is 5.92 Å². The van der Waals surface area contributed by atoms with Crippen LogP contribution in [0.4, 0.5) is 0 Å². The van der Waals surface area contributed by atoms with E-state index in [9.17, 15) is 14.4 Å². The number of carbonyl (C=O) groups is 3. The molecule has 1 N–H and O–H groups in total. The van der Waals surface area contributed by atoms with Crippen molar-refractivity contribution in [1.29, 1.82) is 0 Å². The van der Waals surface area contributed by atoms with Crippen LogP contribution in [0.2, 0.25) is 0 Å². The topological polar surface area (TPSA) is 77.9 Å². The first kappa shape index (κ1) is 20.4. The van der Waals surface area contributed by atoms with Crippen LogP contribution in [0.1, 0.15) is 55.6 Å². The van der Waals surface area contributed by atoms with Crippen molar-refractivity contribution < 1.29 is 19.5 Å². The predicted octanol–water partition coefficient (Wildman–Crippen LogP) is 2.80. The van der Waals surface area contributed by atoms with Gasteiger partial charge in [-0.05, 0) is 43.7 Å². The number of hydrogen-bond donors (Lipinski definition) is 1. The molecular formula is C22H30N2O4. The third-order valence-corrected chi connectivity index (χ3v) is 6.11. The third kappa shape index (κ3) is 4.91. The molecule has 6 heteroatoms. The van der Waals surface area contributed by atoms with Crippen LogP contribution in [-0.4, -0.2) is 58.9 Å². The number of carboxylic acid groups (broad SMARTS) is 1. The molecule has 28 heavy (non-hydrogen) atoms. The Balaban J connectivity index is 1.53. The van der Waals surface area contributed by atoms with E-state index in [0.29, 0.717) is 31.8 Å². The van der Waals surface area contributed by atoms with Crippen LogP contribution in [0, 0.1) is 12.8 Å². The van der Waals surface area contributed by atoms with E-state index in [-0.39, 0.29) is 30.6 Å². The van der Waals surface area contributed by atoms with Crippen LogP contribution >= 0.6 is 0 Å². The standard InChI is InChI=1S/C22H30N2O4/c1-16-5-2-3-7-19(16)18-6-4-12-24(15-18)22(28)17-10-13-23(14-11-17)20(25)8-9-21(26)27/h2-3,5,7,17-18H,4,6,8-15H2,1H3,(H,26,27). The molecule has 1 aromatic rings. The number of carboxylic acids is 1. The Labute approximate surface area is 166 Å². The molecule has 2 amide bonds. The molecular weight excluding hydrogens is 356 g/mol. The normalized spacial score (nSPS) is 20.8. The molecule has 0 aromatic heterocycles. The van der Waals surface area contributed by atoms with Gasteiger partial charge in [-0.15, -0.1) is 0 Å². The monoisotopic (exact) mass is 386 g/mol. The molecule has 1 atom stereocenters. The van der Waals surface area contributed by atoms with Gasteiger partial charge in [-0.3, -0.25) is 14.4 Å². The lowest BCUT2D eigenvalue weighted by atomic mass is 9.86. The van der Waals surface area contributed by atoms with E-state index in [1.54, 1.807) is 4.90 Å². The van der Waals surface area contributed by atoms with Crippen molar-refractivity contribution in [3.63, 3.8) is 0 Å². The van der Waals surface area contributed by atoms with E-state index in [2.05, 4.69) is 31.2 Å². The molecule has 2 fully saturated rings. The number of rotatable bonds is 5. The highest BCUT2D eigenvalue weighted by Gasteiger charge is 2.33. The van der Waals surface area contributed by atoms with Gasteiger partial charge in [0.15, 0.2) is 0 Å². The number of piperidine rings is 2. The van der Waals surface area contributed by atoms with E-state index in [4.69, 9.17) is 5.11 Å². The quantitative estimate of drug-likeness (QED) is 0.844. The highest BCUT2D eigenvalue weighted by molar-refractivity contribution is 5.82. The number of aliphatic carboxylic acids is 1. The van der Waals surface area contributed by atoms with Crippen molar-refractivity contribution in [3.05, 3.63) is 35.4 Å². The lowest BCUT2D eigenvalue weighted by Gasteiger charge is -2.38. The summed E-state index contributed by atoms with van der Waals surface area (Å²) in [7, 11) is 0. The van der Waals surface area contributed by atoms with Crippen LogP contribution in [0.5, 0.6) is 0 Å². The largest absolute Gasteiger partial charge is 0.481 e. The van der Waals surface area contributed by atoms with Gasteiger partial charge >= 0.3 is 5.97 Å². The van der Waals surface area contributed by atoms with Gasteiger partial charge in [0.05, 0.1) is 6.42 Å². The number of benzene rings is 1. The Morgan fingerprint density at radius 2 is 1.71 bits per heavy atom. The molecule has 0 aliphatic carbocycles. The summed E-state index contributed by atoms with van der Waals surface area (Å²) in [6.07, 6.45) is 3.39. The maximum absolute atomic E-state index is 13.1. The lowest BCUT2D eigenvalue weighted by molar-refractivity contribution is -0.143. The first-order valence-corrected chi connectivity index (χ1v) is 10.3. The Bertz CT molecular complexity index is 725. The summed E-state index contributed by atoms with van der Waals surface area (Å²) in [6, 6.07) is 8.43. The molecule has 0 saturated carbocycles. The second-order valence-corrected chi connectivity index (χ2v) is 8.03. The van der Waals surface area contributed by atoms with E-state index in [0.717, 1.165) is 25.9 Å². The van der Waals surface area contributed by atoms with Crippen LogP contribution in [-0.2, 0) is 14.4 Å². The number of nitrogens with zero attached hydrogens (tertiary/aromatic N) is 2. The van der Waals surface area contributed by atoms with E-state index in [1.165, 1.54) is 11.1 Å². The molecule has 3 rings (SSSR count). The Kier molecular flexibility index (Phi) is 6.70. The zero-order valence-electron chi connectivity index (χ0n) is 16.6. The minimum Gasteiger partial charge on any atom is -0.481 e. The minimum atomic E-state index is -0.952. The van der Waals surface area contributed by atoms with Gasteiger partial charge in [0.25, 0.3) is 0 Å². The molecule has 0 spiro atoms. The van der Waals surface area contributed by atoms with Crippen LogP contribution in [0.3, 0.4) is 0 Å². The maximum Gasteiger partial charge on any atom is 0.303 e. The number of hydrogen-bond acceptors (Lipinski definition) is 3. The SMILES string of the molecule is Cc1ccccc1C1CCCN(C(=O)C2CCN(C(=O)CCC(=O)O)CC2)C1. The molecule has 2 aliphatic heterocycles. The summed E-state index contributed by atoms with van der Waals surface area (Å²) in [5, 5.41) is 8.72. The zero-order valence-corrected chi connectivity index (χ0v) is 16.6. The molecule has 1 unspecified atom stereocenters. The van der Waals surface area contributed by atoms with Crippen molar-refractivity contribution >= 4 is 17.8 Å². The predicted molar refractivity (Wildman–Crippen MR) is 106 cm³/mol. The highest BCUT2D eigenvalue weighted by Crippen LogP contribution is 2.31. The average Bonchev–Trinajstić information content (AvgIpc) is 2.72. The van der Waals surface area contributed by atoms with Crippen molar-refractivity contribution in [3.8, 4) is 0 Å². The lowest BCUT2D eigenvalue weighted by Crippen LogP contribution is -2.47. The first-order valence-electron chi connectivity index (χ1n) is 10.3. The van der Waals surface area contributed by atoms with E-state index in [1.807, 2.05) is 4.90 Å².